The van der Waals surface area contributed by atoms with E-state index in [0.717, 1.165) is 17.6 Å². The summed E-state index contributed by atoms with van der Waals surface area (Å²) in [6, 6.07) is 7.16. The Morgan fingerprint density at radius 2 is 2.00 bits per heavy atom. The first-order valence-electron chi connectivity index (χ1n) is 5.25. The quantitative estimate of drug-likeness (QED) is 0.730. The molecule has 90 valence electrons. The first kappa shape index (κ1) is 10.6. The van der Waals surface area contributed by atoms with E-state index in [-0.39, 0.29) is 0 Å². The highest BCUT2D eigenvalue weighted by Gasteiger charge is 2.08. The van der Waals surface area contributed by atoms with Crippen molar-refractivity contribution in [1.29, 1.82) is 0 Å². The van der Waals surface area contributed by atoms with Gasteiger partial charge in [-0.1, -0.05) is 0 Å². The van der Waals surface area contributed by atoms with Gasteiger partial charge in [0, 0.05) is 18.0 Å². The molecule has 0 bridgehead atoms. The lowest BCUT2D eigenvalue weighted by Gasteiger charge is -2.03. The molecule has 2 N–H and O–H groups in total. The van der Waals surface area contributed by atoms with Gasteiger partial charge in [0.1, 0.15) is 5.52 Å². The Kier molecular flexibility index (Phi) is 2.40. The Bertz CT molecular complexity index is 708. The van der Waals surface area contributed by atoms with Crippen molar-refractivity contribution < 1.29 is 8.78 Å². The molecule has 0 saturated heterocycles. The number of anilines is 2. The molecule has 0 aliphatic rings. The van der Waals surface area contributed by atoms with Crippen molar-refractivity contribution >= 4 is 22.5 Å². The van der Waals surface area contributed by atoms with Crippen LogP contribution in [-0.4, -0.2) is 15.2 Å². The van der Waals surface area contributed by atoms with Crippen LogP contribution in [0.25, 0.3) is 11.0 Å². The number of nitrogens with one attached hydrogen (secondary N) is 2. The van der Waals surface area contributed by atoms with Crippen molar-refractivity contribution in [2.24, 2.45) is 0 Å². The summed E-state index contributed by atoms with van der Waals surface area (Å²) in [5, 5.41) is 9.70. The maximum absolute atomic E-state index is 13.1. The fourth-order valence-electron chi connectivity index (χ4n) is 1.65. The van der Waals surface area contributed by atoms with E-state index in [4.69, 9.17) is 0 Å². The lowest BCUT2D eigenvalue weighted by molar-refractivity contribution is 0.509. The van der Waals surface area contributed by atoms with Crippen LogP contribution in [0.2, 0.25) is 0 Å². The first-order chi connectivity index (χ1) is 8.74. The van der Waals surface area contributed by atoms with Gasteiger partial charge in [0.15, 0.2) is 17.5 Å². The highest BCUT2D eigenvalue weighted by molar-refractivity contribution is 5.87. The minimum atomic E-state index is -0.909. The van der Waals surface area contributed by atoms with Crippen LogP contribution in [0.1, 0.15) is 0 Å². The third-order valence-electron chi connectivity index (χ3n) is 2.50. The number of rotatable bonds is 2. The van der Waals surface area contributed by atoms with E-state index in [1.807, 2.05) is 6.07 Å². The van der Waals surface area contributed by atoms with Gasteiger partial charge in [0.2, 0.25) is 0 Å². The van der Waals surface area contributed by atoms with Gasteiger partial charge in [-0.2, -0.15) is 5.10 Å². The third-order valence-corrected chi connectivity index (χ3v) is 2.50. The fourth-order valence-corrected chi connectivity index (χ4v) is 1.65. The normalized spacial score (nSPS) is 10.8. The zero-order valence-electron chi connectivity index (χ0n) is 9.11. The monoisotopic (exact) mass is 246 g/mol. The number of fused-ring (bicyclic) bond motifs is 1. The van der Waals surface area contributed by atoms with Gasteiger partial charge in [-0.05, 0) is 24.3 Å². The van der Waals surface area contributed by atoms with E-state index in [0.29, 0.717) is 17.0 Å². The minimum absolute atomic E-state index is 0.410. The van der Waals surface area contributed by atoms with Gasteiger partial charge < -0.3 is 5.32 Å². The van der Waals surface area contributed by atoms with E-state index in [1.165, 1.54) is 6.07 Å². The van der Waals surface area contributed by atoms with E-state index in [9.17, 15) is 8.78 Å². The predicted molar refractivity (Wildman–Crippen MR) is 63.5 cm³/mol. The summed E-state index contributed by atoms with van der Waals surface area (Å²) in [7, 11) is 0. The zero-order chi connectivity index (χ0) is 12.5. The summed E-state index contributed by atoms with van der Waals surface area (Å²) in [5.41, 5.74) is 1.82. The molecule has 0 amide bonds. The van der Waals surface area contributed by atoms with E-state index >= 15 is 0 Å². The molecule has 2 heterocycles. The Morgan fingerprint density at radius 1 is 1.11 bits per heavy atom. The van der Waals surface area contributed by atoms with E-state index < -0.39 is 11.6 Å². The molecule has 0 spiro atoms. The molecule has 0 aliphatic heterocycles. The third kappa shape index (κ3) is 1.77. The van der Waals surface area contributed by atoms with Crippen LogP contribution in [0.5, 0.6) is 0 Å². The number of nitrogens with zero attached hydrogens (tertiary/aromatic N) is 2. The van der Waals surface area contributed by atoms with Crippen LogP contribution in [0.4, 0.5) is 20.3 Å². The van der Waals surface area contributed by atoms with Crippen molar-refractivity contribution in [2.45, 2.75) is 0 Å². The van der Waals surface area contributed by atoms with E-state index in [2.05, 4.69) is 20.5 Å². The summed E-state index contributed by atoms with van der Waals surface area (Å²) >= 11 is 0. The molecule has 4 nitrogen and oxygen atoms in total. The molecule has 3 rings (SSSR count). The molecule has 3 aromatic rings. The number of aromatic nitrogens is 3. The van der Waals surface area contributed by atoms with Crippen molar-refractivity contribution in [3.8, 4) is 0 Å². The summed E-state index contributed by atoms with van der Waals surface area (Å²) in [6.07, 6.45) is 1.63. The average Bonchev–Trinajstić information content (AvgIpc) is 2.78. The smallest absolute Gasteiger partial charge is 0.178 e. The Labute approximate surface area is 101 Å². The molecule has 0 unspecified atom stereocenters. The second-order valence-corrected chi connectivity index (χ2v) is 3.73. The minimum Gasteiger partial charge on any atom is -0.337 e. The Balaban J connectivity index is 1.98. The van der Waals surface area contributed by atoms with Crippen LogP contribution in [0.15, 0.2) is 36.5 Å². The molecule has 6 heteroatoms. The highest BCUT2D eigenvalue weighted by atomic mass is 19.2. The Hall–Kier alpha value is -2.50. The van der Waals surface area contributed by atoms with E-state index in [1.54, 1.807) is 12.3 Å². The molecule has 18 heavy (non-hydrogen) atoms. The van der Waals surface area contributed by atoms with Crippen molar-refractivity contribution in [1.82, 2.24) is 15.2 Å². The summed E-state index contributed by atoms with van der Waals surface area (Å²) in [5.74, 6) is -1.32. The maximum atomic E-state index is 13.1. The van der Waals surface area contributed by atoms with Gasteiger partial charge in [-0.15, -0.1) is 0 Å². The lowest BCUT2D eigenvalue weighted by Crippen LogP contribution is -1.94. The second-order valence-electron chi connectivity index (χ2n) is 3.73. The van der Waals surface area contributed by atoms with Gasteiger partial charge >= 0.3 is 0 Å². The van der Waals surface area contributed by atoms with Gasteiger partial charge in [0.25, 0.3) is 0 Å². The number of benzene rings is 1. The van der Waals surface area contributed by atoms with Crippen LogP contribution in [0, 0.1) is 11.6 Å². The zero-order valence-corrected chi connectivity index (χ0v) is 9.11. The largest absolute Gasteiger partial charge is 0.337 e. The average molecular weight is 246 g/mol. The number of hydrogen-bond donors (Lipinski definition) is 2. The molecule has 0 atom stereocenters. The maximum Gasteiger partial charge on any atom is 0.178 e. The molecule has 2 aromatic heterocycles. The summed E-state index contributed by atoms with van der Waals surface area (Å²) in [6.45, 7) is 0. The highest BCUT2D eigenvalue weighted by Crippen LogP contribution is 2.22. The van der Waals surface area contributed by atoms with Crippen molar-refractivity contribution in [3.05, 3.63) is 48.2 Å². The van der Waals surface area contributed by atoms with Crippen molar-refractivity contribution in [2.75, 3.05) is 5.32 Å². The van der Waals surface area contributed by atoms with Crippen LogP contribution < -0.4 is 5.32 Å². The standard InChI is InChI=1S/C12H8F2N4/c13-8-4-3-7(6-9(8)14)16-12-11-10(17-18-12)2-1-5-15-11/h1-6H,(H2,16,17,18). The van der Waals surface area contributed by atoms with Crippen LogP contribution >= 0.6 is 0 Å². The van der Waals surface area contributed by atoms with Gasteiger partial charge in [0.05, 0.1) is 5.52 Å². The SMILES string of the molecule is Fc1ccc(Nc2n[nH]c3cccnc23)cc1F. The number of hydrogen-bond acceptors (Lipinski definition) is 3. The molecular weight excluding hydrogens is 238 g/mol. The predicted octanol–water partition coefficient (Wildman–Crippen LogP) is 2.98. The Morgan fingerprint density at radius 3 is 2.83 bits per heavy atom. The number of halogens is 2. The molecule has 0 saturated carbocycles. The van der Waals surface area contributed by atoms with Crippen LogP contribution in [-0.2, 0) is 0 Å². The molecular formula is C12H8F2N4. The van der Waals surface area contributed by atoms with Gasteiger partial charge in [-0.3, -0.25) is 10.1 Å². The second kappa shape index (κ2) is 4.06. The molecule has 1 aromatic carbocycles. The molecule has 0 aliphatic carbocycles. The first-order valence-corrected chi connectivity index (χ1v) is 5.25. The lowest BCUT2D eigenvalue weighted by atomic mass is 10.3. The number of pyridine rings is 1. The fraction of sp³-hybridized carbons (Fsp3) is 0. The van der Waals surface area contributed by atoms with Crippen LogP contribution in [0.3, 0.4) is 0 Å². The van der Waals surface area contributed by atoms with Crippen molar-refractivity contribution in [3.63, 3.8) is 0 Å². The van der Waals surface area contributed by atoms with Gasteiger partial charge in [-0.25, -0.2) is 8.78 Å². The summed E-state index contributed by atoms with van der Waals surface area (Å²) < 4.78 is 25.9. The number of H-pyrrole nitrogens is 1. The molecule has 0 fully saturated rings. The number of aromatic amines is 1. The summed E-state index contributed by atoms with van der Waals surface area (Å²) in [4.78, 5) is 4.15. The topological polar surface area (TPSA) is 53.6 Å². The molecule has 0 radical (unpaired) electrons.